The van der Waals surface area contributed by atoms with Gasteiger partial charge in [-0.2, -0.15) is 0 Å². The van der Waals surface area contributed by atoms with Gasteiger partial charge in [-0.05, 0) is 80.5 Å². The lowest BCUT2D eigenvalue weighted by Crippen LogP contribution is -2.55. The van der Waals surface area contributed by atoms with E-state index in [1.807, 2.05) is 7.11 Å². The molecule has 0 aromatic carbocycles. The van der Waals surface area contributed by atoms with Crippen molar-refractivity contribution < 1.29 is 9.84 Å². The van der Waals surface area contributed by atoms with Crippen molar-refractivity contribution >= 4 is 0 Å². The summed E-state index contributed by atoms with van der Waals surface area (Å²) in [6.45, 7) is 2.97. The van der Waals surface area contributed by atoms with Crippen LogP contribution in [0.3, 0.4) is 0 Å². The summed E-state index contributed by atoms with van der Waals surface area (Å²) in [6.07, 6.45) is 14.1. The molecule has 2 heteroatoms. The Morgan fingerprint density at radius 1 is 0.955 bits per heavy atom. The van der Waals surface area contributed by atoms with Crippen LogP contribution in [-0.4, -0.2) is 24.9 Å². The van der Waals surface area contributed by atoms with Crippen LogP contribution in [0.4, 0.5) is 0 Å². The van der Waals surface area contributed by atoms with Crippen LogP contribution >= 0.6 is 0 Å². The second kappa shape index (κ2) is 5.48. The first-order valence-corrected chi connectivity index (χ1v) is 9.79. The Morgan fingerprint density at radius 3 is 2.59 bits per heavy atom. The Bertz CT molecular complexity index is 420. The van der Waals surface area contributed by atoms with E-state index in [0.717, 1.165) is 23.7 Å². The van der Waals surface area contributed by atoms with Crippen molar-refractivity contribution in [3.63, 3.8) is 0 Å². The van der Waals surface area contributed by atoms with Crippen LogP contribution in [0.15, 0.2) is 0 Å². The van der Waals surface area contributed by atoms with E-state index in [9.17, 15) is 5.11 Å². The van der Waals surface area contributed by atoms with Gasteiger partial charge in [0.2, 0.25) is 0 Å². The van der Waals surface area contributed by atoms with Gasteiger partial charge in [0.15, 0.2) is 0 Å². The fourth-order valence-electron chi connectivity index (χ4n) is 7.71. The second-order valence-corrected chi connectivity index (χ2v) is 9.13. The average molecular weight is 306 g/mol. The Labute approximate surface area is 136 Å². The molecule has 0 saturated heterocycles. The van der Waals surface area contributed by atoms with Gasteiger partial charge in [0.25, 0.3) is 0 Å². The van der Waals surface area contributed by atoms with Crippen LogP contribution in [0.25, 0.3) is 0 Å². The quantitative estimate of drug-likeness (QED) is 0.819. The van der Waals surface area contributed by atoms with Crippen LogP contribution in [-0.2, 0) is 4.74 Å². The Kier molecular flexibility index (Phi) is 3.85. The van der Waals surface area contributed by atoms with Crippen molar-refractivity contribution in [1.82, 2.24) is 0 Å². The number of hydrogen-bond donors (Lipinski definition) is 1. The van der Waals surface area contributed by atoms with Crippen molar-refractivity contribution in [2.24, 2.45) is 34.5 Å². The molecule has 0 amide bonds. The molecule has 4 aliphatic carbocycles. The van der Waals surface area contributed by atoms with E-state index in [-0.39, 0.29) is 5.41 Å². The highest BCUT2D eigenvalue weighted by Crippen LogP contribution is 2.66. The molecule has 4 aliphatic rings. The molecule has 4 saturated carbocycles. The summed E-state index contributed by atoms with van der Waals surface area (Å²) in [5.41, 5.74) is 0.696. The van der Waals surface area contributed by atoms with E-state index in [2.05, 4.69) is 6.92 Å². The number of methoxy groups -OCH3 is 1. The molecule has 4 rings (SSSR count). The predicted molar refractivity (Wildman–Crippen MR) is 88.6 cm³/mol. The minimum Gasteiger partial charge on any atom is -0.396 e. The van der Waals surface area contributed by atoms with Gasteiger partial charge in [-0.25, -0.2) is 0 Å². The molecule has 0 aromatic heterocycles. The summed E-state index contributed by atoms with van der Waals surface area (Å²) in [5.74, 6) is 3.50. The number of aliphatic hydroxyl groups excluding tert-OH is 1. The number of ether oxygens (including phenoxy) is 1. The highest BCUT2D eigenvalue weighted by atomic mass is 16.5. The zero-order valence-corrected chi connectivity index (χ0v) is 14.5. The number of aliphatic hydroxyl groups is 1. The molecular weight excluding hydrogens is 272 g/mol. The zero-order chi connectivity index (χ0) is 15.4. The van der Waals surface area contributed by atoms with Crippen molar-refractivity contribution in [3.8, 4) is 0 Å². The molecule has 0 aliphatic heterocycles. The number of hydrogen-bond acceptors (Lipinski definition) is 2. The predicted octanol–water partition coefficient (Wildman–Crippen LogP) is 4.41. The standard InChI is InChI=1S/C20H34O2/c1-19-11-4-3-5-14(19)6-7-15-16(19)10-12-20(13-21)17(15)8-9-18(20)22-2/h14-18,21H,3-13H2,1-2H3/t14-,15+,16-,17-,18-,19-,20+/m0/s1. The maximum Gasteiger partial charge on any atom is 0.0652 e. The minimum absolute atomic E-state index is 0.0911. The SMILES string of the molecule is CO[C@H]1CC[C@H]2[C@@H]3CC[C@@H]4CCCC[C@]4(C)[C@H]3CC[C@]12CO. The topological polar surface area (TPSA) is 29.5 Å². The Balaban J connectivity index is 1.64. The van der Waals surface area contributed by atoms with Gasteiger partial charge in [0.05, 0.1) is 12.7 Å². The van der Waals surface area contributed by atoms with Crippen molar-refractivity contribution in [2.75, 3.05) is 13.7 Å². The first kappa shape index (κ1) is 15.4. The fraction of sp³-hybridized carbons (Fsp3) is 1.00. The van der Waals surface area contributed by atoms with E-state index >= 15 is 0 Å². The van der Waals surface area contributed by atoms with Crippen LogP contribution < -0.4 is 0 Å². The largest absolute Gasteiger partial charge is 0.396 e. The van der Waals surface area contributed by atoms with Crippen molar-refractivity contribution in [3.05, 3.63) is 0 Å². The summed E-state index contributed by atoms with van der Waals surface area (Å²) >= 11 is 0. The third-order valence-electron chi connectivity index (χ3n) is 8.80. The fourth-order valence-corrected chi connectivity index (χ4v) is 7.71. The first-order valence-electron chi connectivity index (χ1n) is 9.79. The summed E-state index contributed by atoms with van der Waals surface area (Å²) in [6, 6.07) is 0. The van der Waals surface area contributed by atoms with Crippen molar-refractivity contribution in [1.29, 1.82) is 0 Å². The second-order valence-electron chi connectivity index (χ2n) is 9.13. The van der Waals surface area contributed by atoms with Gasteiger partial charge in [-0.3, -0.25) is 0 Å². The van der Waals surface area contributed by atoms with E-state index in [0.29, 0.717) is 18.1 Å². The molecule has 1 N–H and O–H groups in total. The lowest BCUT2D eigenvalue weighted by atomic mass is 9.45. The normalized spacial score (nSPS) is 54.4. The Hall–Kier alpha value is -0.0800. The molecule has 126 valence electrons. The summed E-state index contributed by atoms with van der Waals surface area (Å²) in [7, 11) is 1.86. The van der Waals surface area contributed by atoms with E-state index < -0.39 is 0 Å². The highest BCUT2D eigenvalue weighted by molar-refractivity contribution is 5.10. The van der Waals surface area contributed by atoms with Gasteiger partial charge in [-0.1, -0.05) is 19.8 Å². The zero-order valence-electron chi connectivity index (χ0n) is 14.5. The van der Waals surface area contributed by atoms with Crippen LogP contribution in [0.1, 0.15) is 71.1 Å². The summed E-state index contributed by atoms with van der Waals surface area (Å²) in [4.78, 5) is 0. The molecule has 0 bridgehead atoms. The molecule has 0 radical (unpaired) electrons. The smallest absolute Gasteiger partial charge is 0.0652 e. The molecule has 7 atom stereocenters. The molecular formula is C20H34O2. The molecule has 22 heavy (non-hydrogen) atoms. The van der Waals surface area contributed by atoms with Gasteiger partial charge in [0, 0.05) is 12.5 Å². The molecule has 0 heterocycles. The number of rotatable bonds is 2. The van der Waals surface area contributed by atoms with E-state index in [1.165, 1.54) is 64.2 Å². The van der Waals surface area contributed by atoms with Crippen LogP contribution in [0.2, 0.25) is 0 Å². The monoisotopic (exact) mass is 306 g/mol. The first-order chi connectivity index (χ1) is 10.7. The van der Waals surface area contributed by atoms with Gasteiger partial charge < -0.3 is 9.84 Å². The maximum atomic E-state index is 10.3. The molecule has 4 fully saturated rings. The van der Waals surface area contributed by atoms with Crippen molar-refractivity contribution in [2.45, 2.75) is 77.2 Å². The highest BCUT2D eigenvalue weighted by Gasteiger charge is 2.61. The summed E-state index contributed by atoms with van der Waals surface area (Å²) < 4.78 is 5.83. The lowest BCUT2D eigenvalue weighted by Gasteiger charge is -2.60. The lowest BCUT2D eigenvalue weighted by molar-refractivity contribution is -0.145. The molecule has 2 nitrogen and oxygen atoms in total. The third-order valence-corrected chi connectivity index (χ3v) is 8.80. The van der Waals surface area contributed by atoms with Gasteiger partial charge in [-0.15, -0.1) is 0 Å². The maximum absolute atomic E-state index is 10.3. The number of fused-ring (bicyclic) bond motifs is 5. The summed E-state index contributed by atoms with van der Waals surface area (Å²) in [5, 5.41) is 10.3. The third kappa shape index (κ3) is 1.92. The Morgan fingerprint density at radius 2 is 1.82 bits per heavy atom. The molecule has 0 spiro atoms. The average Bonchev–Trinajstić information content (AvgIpc) is 2.93. The molecule has 0 aromatic rings. The van der Waals surface area contributed by atoms with Gasteiger partial charge in [0.1, 0.15) is 0 Å². The van der Waals surface area contributed by atoms with Gasteiger partial charge >= 0.3 is 0 Å². The minimum atomic E-state index is 0.0911. The van der Waals surface area contributed by atoms with E-state index in [4.69, 9.17) is 4.74 Å². The molecule has 0 unspecified atom stereocenters. The van der Waals surface area contributed by atoms with E-state index in [1.54, 1.807) is 0 Å². The van der Waals surface area contributed by atoms with Crippen LogP contribution in [0.5, 0.6) is 0 Å². The van der Waals surface area contributed by atoms with Crippen LogP contribution in [0, 0.1) is 34.5 Å².